The quantitative estimate of drug-likeness (QED) is 0.709. The average Bonchev–Trinajstić information content (AvgIpc) is 2.30. The van der Waals surface area contributed by atoms with Crippen LogP contribution in [-0.2, 0) is 4.79 Å². The number of rotatable bonds is 4. The summed E-state index contributed by atoms with van der Waals surface area (Å²) in [5.74, 6) is 0.0967. The Morgan fingerprint density at radius 2 is 2.13 bits per heavy atom. The van der Waals surface area contributed by atoms with Gasteiger partial charge < -0.3 is 11.1 Å². The summed E-state index contributed by atoms with van der Waals surface area (Å²) < 4.78 is 0.249. The molecular weight excluding hydrogens is 210 g/mol. The van der Waals surface area contributed by atoms with Crippen molar-refractivity contribution >= 4 is 17.7 Å². The van der Waals surface area contributed by atoms with Gasteiger partial charge in [-0.3, -0.25) is 9.69 Å². The third kappa shape index (κ3) is 3.36. The Labute approximate surface area is 96.0 Å². The first-order valence-corrected chi connectivity index (χ1v) is 6.56. The lowest BCUT2D eigenvalue weighted by Gasteiger charge is -2.39. The minimum atomic E-state index is 0.0967. The van der Waals surface area contributed by atoms with Crippen molar-refractivity contribution in [1.29, 1.82) is 0 Å². The van der Waals surface area contributed by atoms with Gasteiger partial charge in [0.15, 0.2) is 0 Å². The van der Waals surface area contributed by atoms with Crippen molar-refractivity contribution in [2.24, 2.45) is 5.73 Å². The van der Waals surface area contributed by atoms with Crippen LogP contribution in [0.2, 0.25) is 0 Å². The summed E-state index contributed by atoms with van der Waals surface area (Å²) in [5, 5.41) is 2.65. The van der Waals surface area contributed by atoms with E-state index < -0.39 is 0 Å². The van der Waals surface area contributed by atoms with E-state index >= 15 is 0 Å². The molecule has 1 fully saturated rings. The van der Waals surface area contributed by atoms with Crippen LogP contribution in [0.5, 0.6) is 0 Å². The van der Waals surface area contributed by atoms with Crippen LogP contribution in [0.15, 0.2) is 0 Å². The number of hydrogen-bond acceptors (Lipinski definition) is 4. The third-order valence-corrected chi connectivity index (χ3v) is 4.66. The van der Waals surface area contributed by atoms with E-state index in [0.717, 1.165) is 32.5 Å². The van der Waals surface area contributed by atoms with E-state index in [9.17, 15) is 4.79 Å². The van der Waals surface area contributed by atoms with E-state index in [1.54, 1.807) is 7.05 Å². The predicted molar refractivity (Wildman–Crippen MR) is 65.0 cm³/mol. The van der Waals surface area contributed by atoms with Gasteiger partial charge in [0.2, 0.25) is 5.91 Å². The Morgan fingerprint density at radius 3 is 2.53 bits per heavy atom. The van der Waals surface area contributed by atoms with Crippen LogP contribution in [0, 0.1) is 0 Å². The van der Waals surface area contributed by atoms with Gasteiger partial charge in [0.1, 0.15) is 0 Å². The molecule has 4 nitrogen and oxygen atoms in total. The van der Waals surface area contributed by atoms with Crippen LogP contribution < -0.4 is 11.1 Å². The topological polar surface area (TPSA) is 58.4 Å². The monoisotopic (exact) mass is 231 g/mol. The molecule has 88 valence electrons. The lowest BCUT2D eigenvalue weighted by molar-refractivity contribution is -0.122. The first-order valence-electron chi connectivity index (χ1n) is 5.34. The minimum absolute atomic E-state index is 0.0967. The molecule has 0 unspecified atom stereocenters. The lowest BCUT2D eigenvalue weighted by atomic mass is 9.96. The smallest absolute Gasteiger partial charge is 0.233 e. The van der Waals surface area contributed by atoms with Crippen LogP contribution in [-0.4, -0.2) is 55.0 Å². The highest BCUT2D eigenvalue weighted by molar-refractivity contribution is 8.00. The van der Waals surface area contributed by atoms with Crippen LogP contribution in [0.25, 0.3) is 0 Å². The highest BCUT2D eigenvalue weighted by atomic mass is 32.2. The number of nitrogens with zero attached hydrogens (tertiary/aromatic N) is 1. The number of likely N-dealkylation sites (tertiary alicyclic amines) is 1. The van der Waals surface area contributed by atoms with Crippen molar-refractivity contribution in [2.45, 2.75) is 17.6 Å². The molecule has 1 aliphatic rings. The number of thioether (sulfide) groups is 1. The first-order chi connectivity index (χ1) is 7.15. The van der Waals surface area contributed by atoms with E-state index in [-0.39, 0.29) is 10.7 Å². The van der Waals surface area contributed by atoms with Crippen LogP contribution in [0.4, 0.5) is 0 Å². The molecule has 0 saturated carbocycles. The van der Waals surface area contributed by atoms with E-state index in [1.165, 1.54) is 0 Å². The fourth-order valence-electron chi connectivity index (χ4n) is 1.89. The van der Waals surface area contributed by atoms with Gasteiger partial charge >= 0.3 is 0 Å². The number of carbonyl (C=O) groups is 1. The second-order valence-corrected chi connectivity index (χ2v) is 5.31. The SMILES string of the molecule is CNC(=O)CN1CCC(CN)(SC)CC1. The number of carbonyl (C=O) groups excluding carboxylic acids is 1. The number of amides is 1. The molecule has 5 heteroatoms. The molecule has 1 rings (SSSR count). The van der Waals surface area contributed by atoms with Crippen molar-refractivity contribution in [1.82, 2.24) is 10.2 Å². The van der Waals surface area contributed by atoms with Gasteiger partial charge in [-0.1, -0.05) is 0 Å². The van der Waals surface area contributed by atoms with E-state index in [1.807, 2.05) is 11.8 Å². The third-order valence-electron chi connectivity index (χ3n) is 3.22. The van der Waals surface area contributed by atoms with Gasteiger partial charge in [-0.15, -0.1) is 0 Å². The van der Waals surface area contributed by atoms with Crippen LogP contribution in [0.3, 0.4) is 0 Å². The maximum Gasteiger partial charge on any atom is 0.233 e. The molecule has 0 aromatic heterocycles. The maximum atomic E-state index is 11.2. The molecule has 1 aliphatic heterocycles. The largest absolute Gasteiger partial charge is 0.358 e. The molecule has 0 aliphatic carbocycles. The van der Waals surface area contributed by atoms with Crippen molar-refractivity contribution in [3.05, 3.63) is 0 Å². The van der Waals surface area contributed by atoms with Gasteiger partial charge in [0.25, 0.3) is 0 Å². The Hall–Kier alpha value is -0.260. The Morgan fingerprint density at radius 1 is 1.53 bits per heavy atom. The fraction of sp³-hybridized carbons (Fsp3) is 0.900. The highest BCUT2D eigenvalue weighted by Crippen LogP contribution is 2.33. The summed E-state index contributed by atoms with van der Waals surface area (Å²) in [7, 11) is 1.68. The molecular formula is C10H21N3OS. The van der Waals surface area contributed by atoms with Gasteiger partial charge in [-0.05, 0) is 19.1 Å². The van der Waals surface area contributed by atoms with Crippen LogP contribution >= 0.6 is 11.8 Å². The number of nitrogens with two attached hydrogens (primary N) is 1. The summed E-state index contributed by atoms with van der Waals surface area (Å²) in [5.41, 5.74) is 5.80. The van der Waals surface area contributed by atoms with Crippen molar-refractivity contribution in [3.8, 4) is 0 Å². The molecule has 1 heterocycles. The normalized spacial score (nSPS) is 21.3. The zero-order chi connectivity index (χ0) is 11.3. The van der Waals surface area contributed by atoms with Gasteiger partial charge in [0, 0.05) is 31.4 Å². The second-order valence-electron chi connectivity index (χ2n) is 4.04. The molecule has 3 N–H and O–H groups in total. The molecule has 15 heavy (non-hydrogen) atoms. The average molecular weight is 231 g/mol. The molecule has 0 spiro atoms. The number of nitrogens with one attached hydrogen (secondary N) is 1. The summed E-state index contributed by atoms with van der Waals surface area (Å²) >= 11 is 1.87. The van der Waals surface area contributed by atoms with Crippen molar-refractivity contribution in [2.75, 3.05) is 39.5 Å². The zero-order valence-electron chi connectivity index (χ0n) is 9.58. The van der Waals surface area contributed by atoms with Crippen molar-refractivity contribution in [3.63, 3.8) is 0 Å². The number of piperidine rings is 1. The maximum absolute atomic E-state index is 11.2. The van der Waals surface area contributed by atoms with E-state index in [2.05, 4.69) is 16.5 Å². The molecule has 0 bridgehead atoms. The minimum Gasteiger partial charge on any atom is -0.358 e. The first kappa shape index (κ1) is 12.8. The number of likely N-dealkylation sites (N-methyl/N-ethyl adjacent to an activating group) is 1. The fourth-order valence-corrected chi connectivity index (χ4v) is 2.65. The van der Waals surface area contributed by atoms with Crippen molar-refractivity contribution < 1.29 is 4.79 Å². The summed E-state index contributed by atoms with van der Waals surface area (Å²) in [6.45, 7) is 3.21. The second kappa shape index (κ2) is 5.72. The molecule has 1 saturated heterocycles. The molecule has 0 aromatic carbocycles. The Bertz CT molecular complexity index is 209. The molecule has 1 amide bonds. The van der Waals surface area contributed by atoms with Gasteiger partial charge in [-0.25, -0.2) is 0 Å². The summed E-state index contributed by atoms with van der Waals surface area (Å²) in [4.78, 5) is 13.4. The highest BCUT2D eigenvalue weighted by Gasteiger charge is 2.32. The van der Waals surface area contributed by atoms with Crippen LogP contribution in [0.1, 0.15) is 12.8 Å². The Balaban J connectivity index is 2.38. The Kier molecular flexibility index (Phi) is 4.89. The number of hydrogen-bond donors (Lipinski definition) is 2. The summed E-state index contributed by atoms with van der Waals surface area (Å²) in [6, 6.07) is 0. The van der Waals surface area contributed by atoms with E-state index in [4.69, 9.17) is 5.73 Å². The predicted octanol–water partition coefficient (Wildman–Crippen LogP) is -0.111. The standard InChI is InChI=1S/C10H21N3OS/c1-12-9(14)7-13-5-3-10(8-11,15-2)4-6-13/h3-8,11H2,1-2H3,(H,12,14). The molecule has 0 aromatic rings. The molecule has 0 atom stereocenters. The lowest BCUT2D eigenvalue weighted by Crippen LogP contribution is -2.48. The zero-order valence-corrected chi connectivity index (χ0v) is 10.4. The van der Waals surface area contributed by atoms with Gasteiger partial charge in [0.05, 0.1) is 6.54 Å². The summed E-state index contributed by atoms with van der Waals surface area (Å²) in [6.07, 6.45) is 4.30. The van der Waals surface area contributed by atoms with E-state index in [0.29, 0.717) is 6.54 Å². The van der Waals surface area contributed by atoms with Gasteiger partial charge in [-0.2, -0.15) is 11.8 Å². The molecule has 0 radical (unpaired) electrons.